The summed E-state index contributed by atoms with van der Waals surface area (Å²) in [5, 5.41) is 0. The van der Waals surface area contributed by atoms with Crippen molar-refractivity contribution in [1.82, 2.24) is 10.5 Å². The molecule has 1 N–H and O–H groups in total. The Morgan fingerprint density at radius 1 is 1.41 bits per heavy atom. The molecule has 122 valence electrons. The van der Waals surface area contributed by atoms with Crippen LogP contribution in [0.3, 0.4) is 0 Å². The van der Waals surface area contributed by atoms with Gasteiger partial charge in [-0.15, -0.1) is 0 Å². The van der Waals surface area contributed by atoms with Gasteiger partial charge in [-0.3, -0.25) is 9.63 Å². The third kappa shape index (κ3) is 4.09. The van der Waals surface area contributed by atoms with Crippen molar-refractivity contribution >= 4 is 11.7 Å². The lowest BCUT2D eigenvalue weighted by atomic mass is 9.96. The Kier molecular flexibility index (Phi) is 5.23. The molecule has 5 nitrogen and oxygen atoms in total. The maximum atomic E-state index is 12.5. The molecular weight excluding hydrogens is 299 g/mol. The highest BCUT2D eigenvalue weighted by Crippen LogP contribution is 2.30. The number of carbonyl (C=O) groups is 1. The molecule has 0 radical (unpaired) electrons. The lowest BCUT2D eigenvalue weighted by Crippen LogP contribution is -2.40. The van der Waals surface area contributed by atoms with Crippen LogP contribution in [0.25, 0.3) is 0 Å². The van der Waals surface area contributed by atoms with E-state index in [9.17, 15) is 18.0 Å². The van der Waals surface area contributed by atoms with E-state index in [1.54, 1.807) is 6.92 Å². The van der Waals surface area contributed by atoms with Crippen LogP contribution in [-0.4, -0.2) is 30.6 Å². The van der Waals surface area contributed by atoms with Crippen LogP contribution in [0.1, 0.15) is 25.3 Å². The van der Waals surface area contributed by atoms with Crippen molar-refractivity contribution in [3.05, 3.63) is 23.9 Å². The maximum Gasteiger partial charge on any atom is 0.417 e. The number of halogens is 3. The Morgan fingerprint density at radius 2 is 2.09 bits per heavy atom. The number of alkyl halides is 3. The van der Waals surface area contributed by atoms with E-state index in [1.165, 1.54) is 6.07 Å². The molecule has 22 heavy (non-hydrogen) atoms. The molecule has 0 atom stereocenters. The molecule has 0 aliphatic carbocycles. The van der Waals surface area contributed by atoms with Crippen molar-refractivity contribution < 1.29 is 22.8 Å². The van der Waals surface area contributed by atoms with Crippen LogP contribution in [0.5, 0.6) is 0 Å². The number of anilines is 1. The van der Waals surface area contributed by atoms with Gasteiger partial charge in [0.25, 0.3) is 0 Å². The third-order valence-electron chi connectivity index (χ3n) is 3.58. The third-order valence-corrected chi connectivity index (χ3v) is 3.58. The van der Waals surface area contributed by atoms with Gasteiger partial charge in [-0.1, -0.05) is 0 Å². The zero-order valence-electron chi connectivity index (χ0n) is 12.2. The number of nitrogens with zero attached hydrogens (tertiary/aromatic N) is 2. The Hall–Kier alpha value is -1.83. The zero-order chi connectivity index (χ0) is 16.2. The van der Waals surface area contributed by atoms with Gasteiger partial charge in [0.15, 0.2) is 0 Å². The molecular formula is C14H18F3N3O2. The molecule has 1 saturated heterocycles. The van der Waals surface area contributed by atoms with Crippen molar-refractivity contribution in [2.45, 2.75) is 25.9 Å². The van der Waals surface area contributed by atoms with E-state index < -0.39 is 11.7 Å². The number of hydrogen-bond donors (Lipinski definition) is 1. The summed E-state index contributed by atoms with van der Waals surface area (Å²) in [4.78, 5) is 22.4. The minimum absolute atomic E-state index is 0.141. The molecule has 1 aromatic heterocycles. The van der Waals surface area contributed by atoms with Crippen LogP contribution < -0.4 is 10.4 Å². The predicted molar refractivity (Wildman–Crippen MR) is 73.9 cm³/mol. The van der Waals surface area contributed by atoms with Crippen LogP contribution in [0.4, 0.5) is 19.0 Å². The summed E-state index contributed by atoms with van der Waals surface area (Å²) in [5.74, 6) is 0.204. The molecule has 1 aliphatic heterocycles. The summed E-state index contributed by atoms with van der Waals surface area (Å²) >= 11 is 0. The highest BCUT2D eigenvalue weighted by atomic mass is 19.4. The average Bonchev–Trinajstić information content (AvgIpc) is 2.52. The molecule has 1 aromatic rings. The highest BCUT2D eigenvalue weighted by Gasteiger charge is 2.31. The van der Waals surface area contributed by atoms with Gasteiger partial charge in [-0.2, -0.15) is 13.2 Å². The average molecular weight is 317 g/mol. The second-order valence-electron chi connectivity index (χ2n) is 5.06. The van der Waals surface area contributed by atoms with E-state index in [1.807, 2.05) is 4.90 Å². The predicted octanol–water partition coefficient (Wildman–Crippen LogP) is 2.38. The lowest BCUT2D eigenvalue weighted by Gasteiger charge is -2.32. The summed E-state index contributed by atoms with van der Waals surface area (Å²) in [6.45, 7) is 3.32. The van der Waals surface area contributed by atoms with Crippen LogP contribution in [-0.2, 0) is 15.8 Å². The van der Waals surface area contributed by atoms with Gasteiger partial charge in [-0.05, 0) is 31.9 Å². The van der Waals surface area contributed by atoms with Gasteiger partial charge in [0.2, 0.25) is 5.91 Å². The standard InChI is InChI=1S/C14H18F3N3O2/c1-2-22-19-13(21)10-5-7-20(8-6-10)12-4-3-11(9-18-12)14(15,16)17/h3-4,9-10H,2,5-8H2,1H3,(H,19,21). The second-order valence-corrected chi connectivity index (χ2v) is 5.06. The lowest BCUT2D eigenvalue weighted by molar-refractivity contribution is -0.138. The van der Waals surface area contributed by atoms with Gasteiger partial charge < -0.3 is 4.90 Å². The minimum atomic E-state index is -4.38. The number of nitrogens with one attached hydrogen (secondary N) is 1. The van der Waals surface area contributed by atoms with Crippen molar-refractivity contribution in [3.63, 3.8) is 0 Å². The molecule has 2 heterocycles. The molecule has 1 aliphatic rings. The first-order valence-electron chi connectivity index (χ1n) is 7.11. The number of rotatable bonds is 4. The molecule has 0 aromatic carbocycles. The first kappa shape index (κ1) is 16.5. The number of hydroxylamine groups is 1. The molecule has 1 fully saturated rings. The Morgan fingerprint density at radius 3 is 2.59 bits per heavy atom. The monoisotopic (exact) mass is 317 g/mol. The highest BCUT2D eigenvalue weighted by molar-refractivity contribution is 5.77. The van der Waals surface area contributed by atoms with Gasteiger partial charge in [0, 0.05) is 25.2 Å². The molecule has 2 rings (SSSR count). The van der Waals surface area contributed by atoms with Crippen molar-refractivity contribution in [2.24, 2.45) is 5.92 Å². The van der Waals surface area contributed by atoms with Crippen LogP contribution in [0.2, 0.25) is 0 Å². The minimum Gasteiger partial charge on any atom is -0.357 e. The largest absolute Gasteiger partial charge is 0.417 e. The fourth-order valence-electron chi connectivity index (χ4n) is 2.34. The number of hydrogen-bond acceptors (Lipinski definition) is 4. The maximum absolute atomic E-state index is 12.5. The SMILES string of the molecule is CCONC(=O)C1CCN(c2ccc(C(F)(F)F)cn2)CC1. The van der Waals surface area contributed by atoms with E-state index in [0.29, 0.717) is 38.4 Å². The number of carbonyl (C=O) groups excluding carboxylic acids is 1. The van der Waals surface area contributed by atoms with Crippen molar-refractivity contribution in [3.8, 4) is 0 Å². The van der Waals surface area contributed by atoms with E-state index in [4.69, 9.17) is 4.84 Å². The van der Waals surface area contributed by atoms with Crippen molar-refractivity contribution in [2.75, 3.05) is 24.6 Å². The first-order chi connectivity index (χ1) is 10.4. The van der Waals surface area contributed by atoms with E-state index >= 15 is 0 Å². The zero-order valence-corrected chi connectivity index (χ0v) is 12.2. The van der Waals surface area contributed by atoms with Gasteiger partial charge >= 0.3 is 6.18 Å². The van der Waals surface area contributed by atoms with E-state index in [-0.39, 0.29) is 11.8 Å². The number of amides is 1. The summed E-state index contributed by atoms with van der Waals surface area (Å²) in [6.07, 6.45) is -2.32. The smallest absolute Gasteiger partial charge is 0.357 e. The number of piperidine rings is 1. The first-order valence-corrected chi connectivity index (χ1v) is 7.11. The Labute approximate surface area is 126 Å². The quantitative estimate of drug-likeness (QED) is 0.866. The normalized spacial score (nSPS) is 16.6. The summed E-state index contributed by atoms with van der Waals surface area (Å²) in [7, 11) is 0. The molecule has 0 saturated carbocycles. The second kappa shape index (κ2) is 6.95. The molecule has 0 bridgehead atoms. The van der Waals surface area contributed by atoms with Crippen molar-refractivity contribution in [1.29, 1.82) is 0 Å². The molecule has 0 spiro atoms. The van der Waals surface area contributed by atoms with Crippen LogP contribution >= 0.6 is 0 Å². The summed E-state index contributed by atoms with van der Waals surface area (Å²) in [6, 6.07) is 2.39. The summed E-state index contributed by atoms with van der Waals surface area (Å²) in [5.41, 5.74) is 1.62. The topological polar surface area (TPSA) is 54.5 Å². The number of aromatic nitrogens is 1. The summed E-state index contributed by atoms with van der Waals surface area (Å²) < 4.78 is 37.5. The van der Waals surface area contributed by atoms with Crippen LogP contribution in [0, 0.1) is 5.92 Å². The number of pyridine rings is 1. The fourth-order valence-corrected chi connectivity index (χ4v) is 2.34. The Balaban J connectivity index is 1.90. The Bertz CT molecular complexity index is 497. The van der Waals surface area contributed by atoms with Gasteiger partial charge in [0.1, 0.15) is 5.82 Å². The fraction of sp³-hybridized carbons (Fsp3) is 0.571. The molecule has 8 heteroatoms. The van der Waals surface area contributed by atoms with Gasteiger partial charge in [-0.25, -0.2) is 10.5 Å². The molecule has 0 unspecified atom stereocenters. The molecule has 1 amide bonds. The van der Waals surface area contributed by atoms with E-state index in [2.05, 4.69) is 10.5 Å². The van der Waals surface area contributed by atoms with E-state index in [0.717, 1.165) is 12.3 Å². The van der Waals surface area contributed by atoms with Crippen LogP contribution in [0.15, 0.2) is 18.3 Å². The van der Waals surface area contributed by atoms with Gasteiger partial charge in [0.05, 0.1) is 12.2 Å².